The lowest BCUT2D eigenvalue weighted by Crippen LogP contribution is -2.69. The van der Waals surface area contributed by atoms with E-state index in [1.165, 1.54) is 7.05 Å². The highest BCUT2D eigenvalue weighted by Crippen LogP contribution is 2.45. The van der Waals surface area contributed by atoms with Gasteiger partial charge in [0.25, 0.3) is 5.92 Å². The summed E-state index contributed by atoms with van der Waals surface area (Å²) in [6.07, 6.45) is -0.810. The van der Waals surface area contributed by atoms with Crippen molar-refractivity contribution in [3.63, 3.8) is 0 Å². The van der Waals surface area contributed by atoms with Crippen molar-refractivity contribution in [2.24, 2.45) is 0 Å². The summed E-state index contributed by atoms with van der Waals surface area (Å²) in [5.41, 5.74) is -1.06. The van der Waals surface area contributed by atoms with E-state index >= 15 is 0 Å². The molecule has 0 bridgehead atoms. The standard InChI is InChI=1S/C9H16F2N2O/c1-6(2)13-8(7(14)12-3)4-9(10,11)5-8/h6,13H,4-5H2,1-3H3,(H,12,14). The van der Waals surface area contributed by atoms with Crippen molar-refractivity contribution in [2.75, 3.05) is 7.05 Å². The molecule has 2 N–H and O–H groups in total. The van der Waals surface area contributed by atoms with E-state index in [1.807, 2.05) is 13.8 Å². The lowest BCUT2D eigenvalue weighted by molar-refractivity contribution is -0.163. The second-order valence-electron chi connectivity index (χ2n) is 4.17. The number of hydrogen-bond acceptors (Lipinski definition) is 2. The van der Waals surface area contributed by atoms with E-state index in [0.717, 1.165) is 0 Å². The first-order valence-corrected chi connectivity index (χ1v) is 4.69. The Kier molecular flexibility index (Phi) is 2.81. The number of rotatable bonds is 3. The van der Waals surface area contributed by atoms with Crippen LogP contribution in [0.5, 0.6) is 0 Å². The molecule has 1 rings (SSSR count). The van der Waals surface area contributed by atoms with Crippen LogP contribution in [-0.4, -0.2) is 30.5 Å². The summed E-state index contributed by atoms with van der Waals surface area (Å²) in [4.78, 5) is 11.4. The summed E-state index contributed by atoms with van der Waals surface area (Å²) in [6.45, 7) is 3.67. The van der Waals surface area contributed by atoms with E-state index in [0.29, 0.717) is 0 Å². The molecule has 3 nitrogen and oxygen atoms in total. The van der Waals surface area contributed by atoms with Crippen molar-refractivity contribution in [1.82, 2.24) is 10.6 Å². The van der Waals surface area contributed by atoms with Crippen LogP contribution in [0.3, 0.4) is 0 Å². The van der Waals surface area contributed by atoms with Gasteiger partial charge in [0.2, 0.25) is 5.91 Å². The Morgan fingerprint density at radius 1 is 1.36 bits per heavy atom. The minimum absolute atomic E-state index is 0.0170. The zero-order valence-electron chi connectivity index (χ0n) is 8.66. The molecule has 0 spiro atoms. The zero-order valence-corrected chi connectivity index (χ0v) is 8.66. The van der Waals surface area contributed by atoms with Crippen LogP contribution < -0.4 is 10.6 Å². The van der Waals surface area contributed by atoms with Gasteiger partial charge in [-0.05, 0) is 13.8 Å². The van der Waals surface area contributed by atoms with Crippen LogP contribution in [-0.2, 0) is 4.79 Å². The topological polar surface area (TPSA) is 41.1 Å². The highest BCUT2D eigenvalue weighted by atomic mass is 19.3. The predicted octanol–water partition coefficient (Wildman–Crippen LogP) is 0.898. The highest BCUT2D eigenvalue weighted by Gasteiger charge is 2.60. The third-order valence-electron chi connectivity index (χ3n) is 2.35. The van der Waals surface area contributed by atoms with Crippen LogP contribution >= 0.6 is 0 Å². The molecule has 82 valence electrons. The van der Waals surface area contributed by atoms with Crippen LogP contribution in [0.1, 0.15) is 26.7 Å². The Morgan fingerprint density at radius 3 is 2.14 bits per heavy atom. The number of carbonyl (C=O) groups is 1. The molecule has 1 aliphatic rings. The minimum atomic E-state index is -2.70. The number of alkyl halides is 2. The minimum Gasteiger partial charge on any atom is -0.358 e. The average molecular weight is 206 g/mol. The molecule has 0 aromatic heterocycles. The SMILES string of the molecule is CNC(=O)C1(NC(C)C)CC(F)(F)C1. The van der Waals surface area contributed by atoms with Gasteiger partial charge in [0.15, 0.2) is 0 Å². The second kappa shape index (κ2) is 3.46. The molecule has 0 saturated heterocycles. The third-order valence-corrected chi connectivity index (χ3v) is 2.35. The lowest BCUT2D eigenvalue weighted by atomic mass is 9.72. The number of likely N-dealkylation sites (N-methyl/N-ethyl adjacent to an activating group) is 1. The first kappa shape index (κ1) is 11.4. The van der Waals surface area contributed by atoms with Crippen molar-refractivity contribution >= 4 is 5.91 Å². The molecule has 1 amide bonds. The zero-order chi connectivity index (χ0) is 11.0. The van der Waals surface area contributed by atoms with Crippen molar-refractivity contribution in [3.8, 4) is 0 Å². The Labute approximate surface area is 82.2 Å². The Morgan fingerprint density at radius 2 is 1.86 bits per heavy atom. The van der Waals surface area contributed by atoms with E-state index in [2.05, 4.69) is 10.6 Å². The van der Waals surface area contributed by atoms with E-state index < -0.39 is 24.3 Å². The Balaban J connectivity index is 2.70. The van der Waals surface area contributed by atoms with Gasteiger partial charge in [-0.15, -0.1) is 0 Å². The lowest BCUT2D eigenvalue weighted by Gasteiger charge is -2.47. The second-order valence-corrected chi connectivity index (χ2v) is 4.17. The summed E-state index contributed by atoms with van der Waals surface area (Å²) in [5.74, 6) is -3.05. The van der Waals surface area contributed by atoms with Crippen molar-refractivity contribution in [2.45, 2.75) is 44.2 Å². The fourth-order valence-electron chi connectivity index (χ4n) is 1.95. The van der Waals surface area contributed by atoms with Crippen molar-refractivity contribution < 1.29 is 13.6 Å². The first-order chi connectivity index (χ1) is 6.31. The highest BCUT2D eigenvalue weighted by molar-refractivity contribution is 5.87. The monoisotopic (exact) mass is 206 g/mol. The van der Waals surface area contributed by atoms with Crippen molar-refractivity contribution in [3.05, 3.63) is 0 Å². The van der Waals surface area contributed by atoms with Gasteiger partial charge in [0, 0.05) is 25.9 Å². The summed E-state index contributed by atoms with van der Waals surface area (Å²) < 4.78 is 25.5. The summed E-state index contributed by atoms with van der Waals surface area (Å²) in [7, 11) is 1.46. The Hall–Kier alpha value is -0.710. The predicted molar refractivity (Wildman–Crippen MR) is 49.3 cm³/mol. The fraction of sp³-hybridized carbons (Fsp3) is 0.889. The summed E-state index contributed by atoms with van der Waals surface area (Å²) in [6, 6.07) is 0.0170. The molecule has 1 aliphatic carbocycles. The normalized spacial score (nSPS) is 23.0. The molecule has 0 aromatic carbocycles. The Bertz CT molecular complexity index is 227. The van der Waals surface area contributed by atoms with Crippen LogP contribution in [0.15, 0.2) is 0 Å². The van der Waals surface area contributed by atoms with Crippen LogP contribution in [0.2, 0.25) is 0 Å². The molecule has 0 atom stereocenters. The van der Waals surface area contributed by atoms with Gasteiger partial charge in [0.1, 0.15) is 5.54 Å². The summed E-state index contributed by atoms with van der Waals surface area (Å²) >= 11 is 0. The molecular weight excluding hydrogens is 190 g/mol. The molecule has 0 heterocycles. The van der Waals surface area contributed by atoms with Crippen molar-refractivity contribution in [1.29, 1.82) is 0 Å². The molecule has 14 heavy (non-hydrogen) atoms. The van der Waals surface area contributed by atoms with Gasteiger partial charge in [-0.3, -0.25) is 4.79 Å². The van der Waals surface area contributed by atoms with E-state index in [-0.39, 0.29) is 11.9 Å². The molecule has 5 heteroatoms. The van der Waals surface area contributed by atoms with Crippen LogP contribution in [0, 0.1) is 0 Å². The maximum Gasteiger partial charge on any atom is 0.252 e. The number of amides is 1. The molecule has 0 aliphatic heterocycles. The molecule has 0 aromatic rings. The average Bonchev–Trinajstić information content (AvgIpc) is 1.97. The first-order valence-electron chi connectivity index (χ1n) is 4.69. The molecule has 1 saturated carbocycles. The van der Waals surface area contributed by atoms with Gasteiger partial charge in [-0.2, -0.15) is 0 Å². The smallest absolute Gasteiger partial charge is 0.252 e. The molecule has 0 unspecified atom stereocenters. The van der Waals surface area contributed by atoms with Gasteiger partial charge in [-0.25, -0.2) is 8.78 Å². The van der Waals surface area contributed by atoms with Gasteiger partial charge >= 0.3 is 0 Å². The number of nitrogens with one attached hydrogen (secondary N) is 2. The quantitative estimate of drug-likeness (QED) is 0.720. The molecular formula is C9H16F2N2O. The van der Waals surface area contributed by atoms with E-state index in [9.17, 15) is 13.6 Å². The number of hydrogen-bond donors (Lipinski definition) is 2. The number of halogens is 2. The maximum absolute atomic E-state index is 12.8. The van der Waals surface area contributed by atoms with Crippen LogP contribution in [0.25, 0.3) is 0 Å². The molecule has 1 fully saturated rings. The fourth-order valence-corrected chi connectivity index (χ4v) is 1.95. The number of carbonyl (C=O) groups excluding carboxylic acids is 1. The largest absolute Gasteiger partial charge is 0.358 e. The van der Waals surface area contributed by atoms with E-state index in [4.69, 9.17) is 0 Å². The van der Waals surface area contributed by atoms with E-state index in [1.54, 1.807) is 0 Å². The summed E-state index contributed by atoms with van der Waals surface area (Å²) in [5, 5.41) is 5.32. The van der Waals surface area contributed by atoms with Crippen LogP contribution in [0.4, 0.5) is 8.78 Å². The molecule has 0 radical (unpaired) electrons. The van der Waals surface area contributed by atoms with Gasteiger partial charge < -0.3 is 10.6 Å². The van der Waals surface area contributed by atoms with Gasteiger partial charge in [0.05, 0.1) is 0 Å². The van der Waals surface area contributed by atoms with Gasteiger partial charge in [-0.1, -0.05) is 0 Å². The maximum atomic E-state index is 12.8. The third kappa shape index (κ3) is 2.03.